The average molecular weight is 342 g/mol. The van der Waals surface area contributed by atoms with Crippen LogP contribution in [0.1, 0.15) is 52.1 Å². The van der Waals surface area contributed by atoms with Crippen LogP contribution in [0.4, 0.5) is 0 Å². The minimum absolute atomic E-state index is 0.00532. The lowest BCUT2D eigenvalue weighted by molar-refractivity contribution is 0.0972. The summed E-state index contributed by atoms with van der Waals surface area (Å²) < 4.78 is 1.96. The van der Waals surface area contributed by atoms with Crippen LogP contribution in [-0.4, -0.2) is 28.1 Å². The monoisotopic (exact) mass is 342 g/mol. The highest BCUT2D eigenvalue weighted by Gasteiger charge is 2.13. The summed E-state index contributed by atoms with van der Waals surface area (Å²) in [6, 6.07) is 10.2. The Morgan fingerprint density at radius 1 is 1.20 bits per heavy atom. The molecule has 0 fully saturated rings. The number of rotatable bonds is 9. The van der Waals surface area contributed by atoms with Crippen LogP contribution in [0.3, 0.4) is 0 Å². The number of ketones is 1. The van der Waals surface area contributed by atoms with Gasteiger partial charge in [-0.1, -0.05) is 23.8 Å². The lowest BCUT2D eigenvalue weighted by atomic mass is 9.99. The first-order chi connectivity index (χ1) is 11.9. The van der Waals surface area contributed by atoms with Crippen molar-refractivity contribution < 1.29 is 9.90 Å². The highest BCUT2D eigenvalue weighted by molar-refractivity contribution is 5.94. The molecule has 0 bridgehead atoms. The molecule has 1 heterocycles. The van der Waals surface area contributed by atoms with Gasteiger partial charge in [0.1, 0.15) is 0 Å². The topological polar surface area (TPSA) is 68.2 Å². The summed E-state index contributed by atoms with van der Waals surface area (Å²) in [4.78, 5) is 12.5. The SMILES string of the molecule is Cc1ccc(CCCC(=O)c2ccc(CC[C@@H](N)CO)n2C)c(C)c1. The Labute approximate surface area is 150 Å². The number of hydrogen-bond acceptors (Lipinski definition) is 3. The molecule has 0 radical (unpaired) electrons. The van der Waals surface area contributed by atoms with Gasteiger partial charge in [0.25, 0.3) is 0 Å². The average Bonchev–Trinajstić information content (AvgIpc) is 2.95. The fourth-order valence-electron chi connectivity index (χ4n) is 3.20. The van der Waals surface area contributed by atoms with Gasteiger partial charge in [0.05, 0.1) is 12.3 Å². The van der Waals surface area contributed by atoms with Crippen molar-refractivity contribution in [2.45, 2.75) is 52.0 Å². The van der Waals surface area contributed by atoms with E-state index in [-0.39, 0.29) is 18.4 Å². The maximum absolute atomic E-state index is 12.5. The summed E-state index contributed by atoms with van der Waals surface area (Å²) in [6.07, 6.45) is 3.84. The smallest absolute Gasteiger partial charge is 0.179 e. The third-order valence-corrected chi connectivity index (χ3v) is 4.87. The normalized spacial score (nSPS) is 12.4. The second kappa shape index (κ2) is 8.97. The predicted octanol–water partition coefficient (Wildman–Crippen LogP) is 3.10. The molecule has 2 aromatic rings. The minimum Gasteiger partial charge on any atom is -0.395 e. The maximum atomic E-state index is 12.5. The van der Waals surface area contributed by atoms with Crippen LogP contribution in [-0.2, 0) is 19.9 Å². The molecular weight excluding hydrogens is 312 g/mol. The van der Waals surface area contributed by atoms with Crippen LogP contribution < -0.4 is 5.73 Å². The van der Waals surface area contributed by atoms with Crippen molar-refractivity contribution in [3.05, 3.63) is 58.4 Å². The zero-order valence-corrected chi connectivity index (χ0v) is 15.6. The van der Waals surface area contributed by atoms with E-state index in [1.54, 1.807) is 0 Å². The van der Waals surface area contributed by atoms with Gasteiger partial charge in [-0.15, -0.1) is 0 Å². The summed E-state index contributed by atoms with van der Waals surface area (Å²) >= 11 is 0. The Morgan fingerprint density at radius 3 is 2.64 bits per heavy atom. The van der Waals surface area contributed by atoms with E-state index < -0.39 is 0 Å². The second-order valence-corrected chi connectivity index (χ2v) is 6.96. The molecule has 136 valence electrons. The minimum atomic E-state index is -0.202. The summed E-state index contributed by atoms with van der Waals surface area (Å²) in [5.74, 6) is 0.185. The Hall–Kier alpha value is -1.91. The number of carbonyl (C=O) groups is 1. The second-order valence-electron chi connectivity index (χ2n) is 6.96. The van der Waals surface area contributed by atoms with Gasteiger partial charge in [0, 0.05) is 25.2 Å². The Morgan fingerprint density at radius 2 is 1.96 bits per heavy atom. The van der Waals surface area contributed by atoms with Gasteiger partial charge >= 0.3 is 0 Å². The van der Waals surface area contributed by atoms with Gasteiger partial charge in [-0.25, -0.2) is 0 Å². The van der Waals surface area contributed by atoms with Gasteiger partial charge in [-0.3, -0.25) is 4.79 Å². The first kappa shape index (κ1) is 19.4. The van der Waals surface area contributed by atoms with E-state index in [4.69, 9.17) is 10.8 Å². The Kier molecular flexibility index (Phi) is 6.97. The number of aromatic nitrogens is 1. The molecule has 0 amide bonds. The molecule has 2 rings (SSSR count). The standard InChI is InChI=1S/C21H30N2O2/c1-15-7-8-17(16(2)13-15)5-4-6-21(25)20-12-11-19(23(20)3)10-9-18(22)14-24/h7-8,11-13,18,24H,4-6,9-10,14,22H2,1-3H3/t18-/m1/s1. The molecule has 0 saturated heterocycles. The van der Waals surface area contributed by atoms with Crippen LogP contribution in [0.2, 0.25) is 0 Å². The molecule has 0 aliphatic rings. The zero-order chi connectivity index (χ0) is 18.4. The van der Waals surface area contributed by atoms with Gasteiger partial charge in [-0.2, -0.15) is 0 Å². The molecule has 0 aliphatic carbocycles. The molecule has 0 saturated carbocycles. The van der Waals surface area contributed by atoms with E-state index in [0.717, 1.165) is 30.7 Å². The van der Waals surface area contributed by atoms with E-state index in [0.29, 0.717) is 12.8 Å². The number of carbonyl (C=O) groups excluding carboxylic acids is 1. The summed E-state index contributed by atoms with van der Waals surface area (Å²) in [5, 5.41) is 9.02. The van der Waals surface area contributed by atoms with Crippen LogP contribution in [0.25, 0.3) is 0 Å². The number of aliphatic hydroxyl groups is 1. The third-order valence-electron chi connectivity index (χ3n) is 4.87. The number of aliphatic hydroxyl groups excluding tert-OH is 1. The third kappa shape index (κ3) is 5.28. The number of hydrogen-bond donors (Lipinski definition) is 2. The van der Waals surface area contributed by atoms with Crippen LogP contribution in [0.15, 0.2) is 30.3 Å². The molecule has 3 N–H and O–H groups in total. The van der Waals surface area contributed by atoms with Crippen molar-refractivity contribution in [3.63, 3.8) is 0 Å². The highest BCUT2D eigenvalue weighted by atomic mass is 16.3. The van der Waals surface area contributed by atoms with Crippen LogP contribution in [0.5, 0.6) is 0 Å². The van der Waals surface area contributed by atoms with E-state index in [2.05, 4.69) is 32.0 Å². The number of aryl methyl sites for hydroxylation is 4. The number of nitrogens with two attached hydrogens (primary N) is 1. The quantitative estimate of drug-likeness (QED) is 0.688. The van der Waals surface area contributed by atoms with Crippen LogP contribution in [0, 0.1) is 13.8 Å². The molecule has 1 aromatic carbocycles. The first-order valence-electron chi connectivity index (χ1n) is 9.02. The molecule has 25 heavy (non-hydrogen) atoms. The molecule has 4 nitrogen and oxygen atoms in total. The fourth-order valence-corrected chi connectivity index (χ4v) is 3.20. The van der Waals surface area contributed by atoms with E-state index in [9.17, 15) is 4.79 Å². The van der Waals surface area contributed by atoms with E-state index in [1.165, 1.54) is 16.7 Å². The maximum Gasteiger partial charge on any atom is 0.179 e. The molecule has 0 spiro atoms. The molecule has 0 aliphatic heterocycles. The van der Waals surface area contributed by atoms with E-state index >= 15 is 0 Å². The first-order valence-corrected chi connectivity index (χ1v) is 9.02. The Balaban J connectivity index is 1.89. The molecule has 1 atom stereocenters. The summed E-state index contributed by atoms with van der Waals surface area (Å²) in [5.41, 5.74) is 11.5. The van der Waals surface area contributed by atoms with Crippen molar-refractivity contribution in [1.82, 2.24) is 4.57 Å². The van der Waals surface area contributed by atoms with Crippen molar-refractivity contribution in [3.8, 4) is 0 Å². The highest BCUT2D eigenvalue weighted by Crippen LogP contribution is 2.16. The van der Waals surface area contributed by atoms with Gasteiger partial charge in [0.2, 0.25) is 0 Å². The predicted molar refractivity (Wildman–Crippen MR) is 102 cm³/mol. The van der Waals surface area contributed by atoms with Gasteiger partial charge in [0.15, 0.2) is 5.78 Å². The van der Waals surface area contributed by atoms with E-state index in [1.807, 2.05) is 23.7 Å². The van der Waals surface area contributed by atoms with Crippen molar-refractivity contribution in [1.29, 1.82) is 0 Å². The van der Waals surface area contributed by atoms with Crippen LogP contribution >= 0.6 is 0 Å². The molecular formula is C21H30N2O2. The zero-order valence-electron chi connectivity index (χ0n) is 15.6. The molecule has 1 aromatic heterocycles. The van der Waals surface area contributed by atoms with Crippen molar-refractivity contribution >= 4 is 5.78 Å². The van der Waals surface area contributed by atoms with Gasteiger partial charge in [-0.05, 0) is 62.8 Å². The molecule has 0 unspecified atom stereocenters. The number of Topliss-reactive ketones (excluding diaryl/α,β-unsaturated/α-hetero) is 1. The lowest BCUT2D eigenvalue weighted by Crippen LogP contribution is -2.25. The number of benzene rings is 1. The number of nitrogens with zero attached hydrogens (tertiary/aromatic N) is 1. The largest absolute Gasteiger partial charge is 0.395 e. The Bertz CT molecular complexity index is 719. The fraction of sp³-hybridized carbons (Fsp3) is 0.476. The van der Waals surface area contributed by atoms with Crippen molar-refractivity contribution in [2.24, 2.45) is 12.8 Å². The summed E-state index contributed by atoms with van der Waals surface area (Å²) in [6.45, 7) is 4.22. The molecule has 4 heteroatoms. The van der Waals surface area contributed by atoms with Crippen molar-refractivity contribution in [2.75, 3.05) is 6.61 Å². The van der Waals surface area contributed by atoms with Gasteiger partial charge < -0.3 is 15.4 Å². The summed E-state index contributed by atoms with van der Waals surface area (Å²) in [7, 11) is 1.93. The lowest BCUT2D eigenvalue weighted by Gasteiger charge is -2.10.